The van der Waals surface area contributed by atoms with Gasteiger partial charge in [0.1, 0.15) is 0 Å². The number of halogens is 2. The number of hydrogen-bond donors (Lipinski definition) is 0. The number of alkyl halides is 2. The average molecular weight is 469 g/mol. The van der Waals surface area contributed by atoms with Crippen molar-refractivity contribution < 1.29 is 13.6 Å². The van der Waals surface area contributed by atoms with Gasteiger partial charge in [-0.3, -0.25) is 4.79 Å². The van der Waals surface area contributed by atoms with Crippen LogP contribution in [0.15, 0.2) is 73.4 Å². The Balaban J connectivity index is 1.89. The first-order valence-electron chi connectivity index (χ1n) is 12.8. The second-order valence-electron chi connectivity index (χ2n) is 9.87. The molecule has 186 valence electrons. The number of ketones is 1. The average Bonchev–Trinajstić information content (AvgIpc) is 2.84. The molecule has 1 aliphatic carbocycles. The highest BCUT2D eigenvalue weighted by atomic mass is 19.3. The summed E-state index contributed by atoms with van der Waals surface area (Å²) in [6.45, 7) is 13.1. The van der Waals surface area contributed by atoms with E-state index in [1.165, 1.54) is 44.3 Å². The zero-order chi connectivity index (χ0) is 25.1. The Morgan fingerprint density at radius 1 is 1.12 bits per heavy atom. The first-order chi connectivity index (χ1) is 16.2. The fraction of sp³-hybridized carbons (Fsp3) is 0.516. The van der Waals surface area contributed by atoms with Crippen LogP contribution in [0.3, 0.4) is 0 Å². The molecule has 0 aromatic heterocycles. The van der Waals surface area contributed by atoms with E-state index in [1.807, 2.05) is 6.08 Å². The van der Waals surface area contributed by atoms with Gasteiger partial charge in [-0.2, -0.15) is 0 Å². The third-order valence-corrected chi connectivity index (χ3v) is 7.74. The van der Waals surface area contributed by atoms with Crippen molar-refractivity contribution >= 4 is 5.78 Å². The smallest absolute Gasteiger partial charge is 0.257 e. The van der Waals surface area contributed by atoms with Crippen LogP contribution in [0.25, 0.3) is 0 Å². The number of carbonyl (C=O) groups excluding carboxylic acids is 1. The summed E-state index contributed by atoms with van der Waals surface area (Å²) in [5, 5.41) is 0. The van der Waals surface area contributed by atoms with Crippen molar-refractivity contribution in [3.8, 4) is 0 Å². The Hall–Kier alpha value is -2.29. The molecule has 2 rings (SSSR count). The van der Waals surface area contributed by atoms with Crippen molar-refractivity contribution in [1.29, 1.82) is 0 Å². The van der Waals surface area contributed by atoms with Gasteiger partial charge in [0.2, 0.25) is 0 Å². The van der Waals surface area contributed by atoms with Crippen LogP contribution in [0.1, 0.15) is 94.0 Å². The van der Waals surface area contributed by atoms with E-state index in [0.717, 1.165) is 12.8 Å². The number of allylic oxidation sites excluding steroid dienone is 6. The van der Waals surface area contributed by atoms with Crippen LogP contribution in [-0.4, -0.2) is 11.7 Å². The summed E-state index contributed by atoms with van der Waals surface area (Å²) < 4.78 is 28.4. The van der Waals surface area contributed by atoms with Gasteiger partial charge in [-0.1, -0.05) is 87.1 Å². The third-order valence-electron chi connectivity index (χ3n) is 7.74. The SMILES string of the molecule is C=C/C=C\C=C(/C)C1CCC(C(CC)CCC(=O)c2ccc([C@@H](C)C(F)(F)CC=C)cc2)CC1. The van der Waals surface area contributed by atoms with E-state index in [4.69, 9.17) is 0 Å². The van der Waals surface area contributed by atoms with Gasteiger partial charge < -0.3 is 0 Å². The van der Waals surface area contributed by atoms with Crippen LogP contribution in [0.4, 0.5) is 8.78 Å². The summed E-state index contributed by atoms with van der Waals surface area (Å²) in [5.74, 6) is -1.74. The van der Waals surface area contributed by atoms with Gasteiger partial charge in [0.15, 0.2) is 5.78 Å². The van der Waals surface area contributed by atoms with E-state index in [1.54, 1.807) is 30.3 Å². The van der Waals surface area contributed by atoms with Crippen LogP contribution in [0.5, 0.6) is 0 Å². The molecule has 34 heavy (non-hydrogen) atoms. The van der Waals surface area contributed by atoms with Crippen molar-refractivity contribution in [2.45, 2.75) is 84.0 Å². The summed E-state index contributed by atoms with van der Waals surface area (Å²) in [4.78, 5) is 12.8. The fourth-order valence-electron chi connectivity index (χ4n) is 5.27. The molecule has 3 heteroatoms. The third kappa shape index (κ3) is 7.89. The minimum atomic E-state index is -2.84. The van der Waals surface area contributed by atoms with Gasteiger partial charge >= 0.3 is 0 Å². The van der Waals surface area contributed by atoms with E-state index in [0.29, 0.717) is 35.3 Å². The molecule has 1 nitrogen and oxygen atoms in total. The van der Waals surface area contributed by atoms with Gasteiger partial charge in [0.25, 0.3) is 5.92 Å². The predicted octanol–water partition coefficient (Wildman–Crippen LogP) is 9.49. The minimum Gasteiger partial charge on any atom is -0.294 e. The zero-order valence-electron chi connectivity index (χ0n) is 21.2. The second-order valence-corrected chi connectivity index (χ2v) is 9.87. The van der Waals surface area contributed by atoms with Gasteiger partial charge in [-0.05, 0) is 62.3 Å². The normalized spacial score (nSPS) is 21.3. The summed E-state index contributed by atoms with van der Waals surface area (Å²) in [5.41, 5.74) is 2.62. The molecular weight excluding hydrogens is 426 g/mol. The number of hydrogen-bond acceptors (Lipinski definition) is 1. The van der Waals surface area contributed by atoms with Crippen molar-refractivity contribution in [2.24, 2.45) is 17.8 Å². The van der Waals surface area contributed by atoms with Crippen molar-refractivity contribution in [1.82, 2.24) is 0 Å². The number of carbonyl (C=O) groups is 1. The lowest BCUT2D eigenvalue weighted by atomic mass is 9.71. The molecule has 0 heterocycles. The molecule has 0 radical (unpaired) electrons. The van der Waals surface area contributed by atoms with Crippen LogP contribution < -0.4 is 0 Å². The summed E-state index contributed by atoms with van der Waals surface area (Å²) >= 11 is 0. The van der Waals surface area contributed by atoms with E-state index in [2.05, 4.69) is 39.2 Å². The molecule has 0 saturated heterocycles. The highest BCUT2D eigenvalue weighted by Crippen LogP contribution is 2.40. The lowest BCUT2D eigenvalue weighted by Gasteiger charge is -2.34. The highest BCUT2D eigenvalue weighted by Gasteiger charge is 2.35. The number of benzene rings is 1. The maximum atomic E-state index is 14.2. The Labute approximate surface area is 205 Å². The summed E-state index contributed by atoms with van der Waals surface area (Å²) in [6, 6.07) is 6.77. The molecule has 0 aliphatic heterocycles. The maximum Gasteiger partial charge on any atom is 0.257 e. The molecule has 0 N–H and O–H groups in total. The first-order valence-corrected chi connectivity index (χ1v) is 12.8. The van der Waals surface area contributed by atoms with Crippen molar-refractivity contribution in [3.05, 3.63) is 84.5 Å². The van der Waals surface area contributed by atoms with Crippen LogP contribution >= 0.6 is 0 Å². The van der Waals surface area contributed by atoms with Crippen LogP contribution in [0, 0.1) is 17.8 Å². The molecule has 1 saturated carbocycles. The minimum absolute atomic E-state index is 0.108. The molecule has 0 amide bonds. The molecule has 1 aliphatic rings. The van der Waals surface area contributed by atoms with Crippen LogP contribution in [-0.2, 0) is 0 Å². The summed E-state index contributed by atoms with van der Waals surface area (Å²) in [7, 11) is 0. The Morgan fingerprint density at radius 3 is 2.32 bits per heavy atom. The Kier molecular flexibility index (Phi) is 11.1. The number of Topliss-reactive ketones (excluding diaryl/α,β-unsaturated/α-hetero) is 1. The standard InChI is InChI=1S/C31H42F2O/c1-6-9-10-11-23(4)26-12-16-28(17-13-26)25(8-3)20-21-30(34)29-18-14-27(15-19-29)24(5)31(32,33)22-7-2/h6-7,9-11,14-15,18-19,24-26,28H,1-2,8,12-13,16-17,20-22H2,3-5H3/b10-9-,23-11+/t24-,25?,26?,28?/m1/s1. The van der Waals surface area contributed by atoms with Gasteiger partial charge in [-0.15, -0.1) is 6.58 Å². The van der Waals surface area contributed by atoms with Crippen molar-refractivity contribution in [2.75, 3.05) is 0 Å². The number of rotatable bonds is 13. The topological polar surface area (TPSA) is 17.1 Å². The molecule has 0 spiro atoms. The van der Waals surface area contributed by atoms with Gasteiger partial charge in [-0.25, -0.2) is 8.78 Å². The molecule has 1 fully saturated rings. The molecule has 0 bridgehead atoms. The van der Waals surface area contributed by atoms with E-state index >= 15 is 0 Å². The fourth-order valence-corrected chi connectivity index (χ4v) is 5.27. The molecule has 1 unspecified atom stereocenters. The summed E-state index contributed by atoms with van der Waals surface area (Å²) in [6.07, 6.45) is 16.3. The Bertz CT molecular complexity index is 854. The lowest BCUT2D eigenvalue weighted by Crippen LogP contribution is -2.23. The largest absolute Gasteiger partial charge is 0.294 e. The monoisotopic (exact) mass is 468 g/mol. The van der Waals surface area contributed by atoms with E-state index < -0.39 is 11.8 Å². The quantitative estimate of drug-likeness (QED) is 0.160. The van der Waals surface area contributed by atoms with Gasteiger partial charge in [0, 0.05) is 24.3 Å². The lowest BCUT2D eigenvalue weighted by molar-refractivity contribution is -0.0191. The van der Waals surface area contributed by atoms with Gasteiger partial charge in [0.05, 0.1) is 0 Å². The first kappa shape index (κ1) is 28.0. The molecule has 1 aromatic carbocycles. The highest BCUT2D eigenvalue weighted by molar-refractivity contribution is 5.96. The van der Waals surface area contributed by atoms with Crippen LogP contribution in [0.2, 0.25) is 0 Å². The Morgan fingerprint density at radius 2 is 1.76 bits per heavy atom. The maximum absolute atomic E-state index is 14.2. The molecule has 1 aromatic rings. The molecule has 2 atom stereocenters. The van der Waals surface area contributed by atoms with E-state index in [-0.39, 0.29) is 12.2 Å². The zero-order valence-corrected chi connectivity index (χ0v) is 21.2. The van der Waals surface area contributed by atoms with Crippen molar-refractivity contribution in [3.63, 3.8) is 0 Å². The molecular formula is C31H42F2O. The van der Waals surface area contributed by atoms with E-state index in [9.17, 15) is 13.6 Å². The second kappa shape index (κ2) is 13.6. The predicted molar refractivity (Wildman–Crippen MR) is 141 cm³/mol.